The number of ether oxygens (including phenoxy) is 2. The summed E-state index contributed by atoms with van der Waals surface area (Å²) in [5.74, 6) is 0.136. The normalized spacial score (nSPS) is 12.9. The predicted molar refractivity (Wildman–Crippen MR) is 174 cm³/mol. The van der Waals surface area contributed by atoms with Crippen molar-refractivity contribution in [2.75, 3.05) is 19.8 Å². The lowest BCUT2D eigenvalue weighted by Crippen LogP contribution is -2.25. The van der Waals surface area contributed by atoms with Gasteiger partial charge in [0, 0.05) is 19.4 Å². The average Bonchev–Trinajstić information content (AvgIpc) is 2.97. The second-order valence-electron chi connectivity index (χ2n) is 11.5. The number of allylic oxidation sites excluding steroid dienone is 8. The van der Waals surface area contributed by atoms with E-state index in [2.05, 4.69) is 62.5 Å². The Morgan fingerprint density at radius 2 is 1.00 bits per heavy atom. The van der Waals surface area contributed by atoms with Crippen molar-refractivity contribution in [2.45, 2.75) is 142 Å². The Kier molecular flexibility index (Phi) is 30.1. The Hall–Kier alpha value is -2.18. The molecule has 0 aliphatic heterocycles. The van der Waals surface area contributed by atoms with E-state index in [0.717, 1.165) is 76.5 Å². The molecular formula is C36H62O6. The number of hydrogen-bond acceptors (Lipinski definition) is 6. The predicted octanol–water partition coefficient (Wildman–Crippen LogP) is 8.72. The molecule has 0 aromatic carbocycles. The van der Waals surface area contributed by atoms with E-state index in [-0.39, 0.29) is 25.2 Å². The van der Waals surface area contributed by atoms with E-state index in [0.29, 0.717) is 25.9 Å². The van der Waals surface area contributed by atoms with Gasteiger partial charge in [-0.2, -0.15) is 0 Å². The van der Waals surface area contributed by atoms with Crippen LogP contribution in [0, 0.1) is 5.92 Å². The first-order valence-corrected chi connectivity index (χ1v) is 16.7. The van der Waals surface area contributed by atoms with Crippen LogP contribution in [0.1, 0.15) is 136 Å². The van der Waals surface area contributed by atoms with Crippen LogP contribution < -0.4 is 0 Å². The fraction of sp³-hybridized carbons (Fsp3) is 0.722. The smallest absolute Gasteiger partial charge is 0.305 e. The molecule has 0 aromatic heterocycles. The first-order chi connectivity index (χ1) is 20.5. The Morgan fingerprint density at radius 3 is 1.52 bits per heavy atom. The maximum atomic E-state index is 11.9. The summed E-state index contributed by atoms with van der Waals surface area (Å²) in [6, 6.07) is 0. The summed E-state index contributed by atoms with van der Waals surface area (Å²) in [6.45, 7) is 4.53. The van der Waals surface area contributed by atoms with E-state index in [1.165, 1.54) is 32.1 Å². The number of rotatable bonds is 29. The molecule has 0 aromatic rings. The van der Waals surface area contributed by atoms with Gasteiger partial charge in [0.1, 0.15) is 19.3 Å². The van der Waals surface area contributed by atoms with Crippen molar-refractivity contribution in [3.8, 4) is 0 Å². The van der Waals surface area contributed by atoms with Gasteiger partial charge in [-0.1, -0.05) is 114 Å². The highest BCUT2D eigenvalue weighted by Crippen LogP contribution is 2.13. The van der Waals surface area contributed by atoms with Crippen LogP contribution in [0.3, 0.4) is 0 Å². The highest BCUT2D eigenvalue weighted by Gasteiger charge is 2.11. The summed E-state index contributed by atoms with van der Waals surface area (Å²) in [6.07, 6.45) is 34.7. The van der Waals surface area contributed by atoms with Crippen molar-refractivity contribution in [1.82, 2.24) is 0 Å². The minimum absolute atomic E-state index is 0.141. The molecule has 6 heteroatoms. The molecule has 0 heterocycles. The van der Waals surface area contributed by atoms with E-state index >= 15 is 0 Å². The van der Waals surface area contributed by atoms with Crippen molar-refractivity contribution < 1.29 is 29.3 Å². The van der Waals surface area contributed by atoms with Gasteiger partial charge in [0.15, 0.2) is 0 Å². The molecule has 0 rings (SSSR count). The molecule has 2 N–H and O–H groups in total. The Balaban J connectivity index is 3.59. The van der Waals surface area contributed by atoms with Crippen LogP contribution in [0.4, 0.5) is 0 Å². The van der Waals surface area contributed by atoms with Gasteiger partial charge in [-0.05, 0) is 63.7 Å². The van der Waals surface area contributed by atoms with Crippen molar-refractivity contribution in [1.29, 1.82) is 0 Å². The van der Waals surface area contributed by atoms with Crippen molar-refractivity contribution in [3.63, 3.8) is 0 Å². The molecule has 0 unspecified atom stereocenters. The third-order valence-corrected chi connectivity index (χ3v) is 6.80. The van der Waals surface area contributed by atoms with Gasteiger partial charge in [-0.3, -0.25) is 9.59 Å². The fourth-order valence-corrected chi connectivity index (χ4v) is 4.24. The van der Waals surface area contributed by atoms with Gasteiger partial charge in [0.05, 0.1) is 0 Å². The number of aliphatic hydroxyl groups excluding tert-OH is 2. The highest BCUT2D eigenvalue weighted by atomic mass is 16.6. The van der Waals surface area contributed by atoms with E-state index < -0.39 is 6.10 Å². The zero-order valence-electron chi connectivity index (χ0n) is 26.9. The number of carbonyl (C=O) groups excluding carboxylic acids is 2. The lowest BCUT2D eigenvalue weighted by molar-refractivity contribution is -0.152. The zero-order chi connectivity index (χ0) is 30.9. The van der Waals surface area contributed by atoms with Gasteiger partial charge in [0.25, 0.3) is 0 Å². The van der Waals surface area contributed by atoms with E-state index in [4.69, 9.17) is 14.6 Å². The molecule has 6 nitrogen and oxygen atoms in total. The van der Waals surface area contributed by atoms with Crippen LogP contribution in [0.25, 0.3) is 0 Å². The third-order valence-electron chi connectivity index (χ3n) is 6.80. The Morgan fingerprint density at radius 1 is 0.571 bits per heavy atom. The van der Waals surface area contributed by atoms with Gasteiger partial charge in [-0.25, -0.2) is 0 Å². The summed E-state index contributed by atoms with van der Waals surface area (Å²) in [4.78, 5) is 23.7. The Bertz CT molecular complexity index is 737. The lowest BCUT2D eigenvalue weighted by atomic mass is 10.0. The van der Waals surface area contributed by atoms with Crippen LogP contribution in [0.5, 0.6) is 0 Å². The van der Waals surface area contributed by atoms with Crippen LogP contribution in [-0.2, 0) is 19.1 Å². The van der Waals surface area contributed by atoms with Gasteiger partial charge >= 0.3 is 11.9 Å². The quantitative estimate of drug-likeness (QED) is 0.0514. The average molecular weight is 591 g/mol. The molecule has 0 aliphatic carbocycles. The molecule has 0 amide bonds. The lowest BCUT2D eigenvalue weighted by Gasteiger charge is -2.12. The molecule has 0 aliphatic rings. The van der Waals surface area contributed by atoms with Gasteiger partial charge < -0.3 is 19.7 Å². The van der Waals surface area contributed by atoms with E-state index in [1.54, 1.807) is 0 Å². The van der Waals surface area contributed by atoms with Crippen LogP contribution >= 0.6 is 0 Å². The van der Waals surface area contributed by atoms with Crippen molar-refractivity contribution in [3.05, 3.63) is 48.6 Å². The topological polar surface area (TPSA) is 93.1 Å². The molecule has 1 atom stereocenters. The molecule has 242 valence electrons. The Labute approximate surface area is 257 Å². The maximum absolute atomic E-state index is 11.9. The molecule has 0 radical (unpaired) electrons. The van der Waals surface area contributed by atoms with Crippen LogP contribution in [0.15, 0.2) is 48.6 Å². The van der Waals surface area contributed by atoms with Gasteiger partial charge in [0.2, 0.25) is 0 Å². The summed E-state index contributed by atoms with van der Waals surface area (Å²) in [5, 5.41) is 18.7. The largest absolute Gasteiger partial charge is 0.463 e. The summed E-state index contributed by atoms with van der Waals surface area (Å²) >= 11 is 0. The van der Waals surface area contributed by atoms with Crippen molar-refractivity contribution >= 4 is 11.9 Å². The summed E-state index contributed by atoms with van der Waals surface area (Å²) in [5.41, 5.74) is 0. The number of unbranched alkanes of at least 4 members (excludes halogenated alkanes) is 10. The standard InChI is InChI=1S/C36H62O6/c1-33(2)27-23-19-15-14-17-21-25-29-36(40)42-32-34(38)31-41-35(39)28-24-20-16-12-10-8-6-4-3-5-7-9-11-13-18-22-26-30-37/h3,5-6,8-9,11-12,16,33-34,37-38H,4,7,10,13-15,17-32H2,1-2H3/b5-3-,8-6-,11-9-,16-12-/t34-/m0/s1. The van der Waals surface area contributed by atoms with Gasteiger partial charge in [-0.15, -0.1) is 0 Å². The fourth-order valence-electron chi connectivity index (χ4n) is 4.24. The zero-order valence-corrected chi connectivity index (χ0v) is 26.9. The first kappa shape index (κ1) is 39.8. The van der Waals surface area contributed by atoms with E-state index in [1.807, 2.05) is 0 Å². The summed E-state index contributed by atoms with van der Waals surface area (Å²) in [7, 11) is 0. The maximum Gasteiger partial charge on any atom is 0.305 e. The van der Waals surface area contributed by atoms with Crippen LogP contribution in [0.2, 0.25) is 0 Å². The van der Waals surface area contributed by atoms with Crippen molar-refractivity contribution in [2.24, 2.45) is 5.92 Å². The summed E-state index contributed by atoms with van der Waals surface area (Å²) < 4.78 is 10.2. The molecule has 0 fully saturated rings. The van der Waals surface area contributed by atoms with E-state index in [9.17, 15) is 14.7 Å². The second-order valence-corrected chi connectivity index (χ2v) is 11.5. The SMILES string of the molecule is CC(C)CCCCCCCCCC(=O)OC[C@@H](O)COC(=O)CCC/C=C\C/C=C\C/C=C\C/C=C\CCCCCO. The molecule has 42 heavy (non-hydrogen) atoms. The second kappa shape index (κ2) is 31.7. The number of esters is 2. The third kappa shape index (κ3) is 32.3. The number of carbonyl (C=O) groups is 2. The minimum Gasteiger partial charge on any atom is -0.463 e. The highest BCUT2D eigenvalue weighted by molar-refractivity contribution is 5.69. The molecular weight excluding hydrogens is 528 g/mol. The monoisotopic (exact) mass is 590 g/mol. The molecule has 0 spiro atoms. The molecule has 0 saturated carbocycles. The minimum atomic E-state index is -0.991. The molecule has 0 saturated heterocycles. The first-order valence-electron chi connectivity index (χ1n) is 16.7. The number of aliphatic hydroxyl groups is 2. The number of hydrogen-bond donors (Lipinski definition) is 2. The molecule has 0 bridgehead atoms. The van der Waals surface area contributed by atoms with Crippen LogP contribution in [-0.4, -0.2) is 48.1 Å².